The first kappa shape index (κ1) is 14.7. The molecule has 1 aromatic heterocycles. The Hall–Kier alpha value is -0.720. The Balaban J connectivity index is 2.38. The molecule has 0 saturated carbocycles. The molecule has 6 heteroatoms. The number of aromatic nitrogens is 3. The highest BCUT2D eigenvalue weighted by Gasteiger charge is 2.21. The van der Waals surface area contributed by atoms with Gasteiger partial charge in [-0.1, -0.05) is 40.2 Å². The van der Waals surface area contributed by atoms with Gasteiger partial charge in [-0.05, 0) is 46.6 Å². The summed E-state index contributed by atoms with van der Waals surface area (Å²) in [6, 6.07) is 8.40. The van der Waals surface area contributed by atoms with Crippen molar-refractivity contribution in [2.45, 2.75) is 19.4 Å². The lowest BCUT2D eigenvalue weighted by Gasteiger charge is -2.19. The zero-order valence-corrected chi connectivity index (χ0v) is 14.1. The fourth-order valence-corrected chi connectivity index (χ4v) is 2.78. The van der Waals surface area contributed by atoms with Gasteiger partial charge in [-0.15, -0.1) is 5.10 Å². The first-order chi connectivity index (χ1) is 9.13. The van der Waals surface area contributed by atoms with Crippen molar-refractivity contribution in [3.05, 3.63) is 44.6 Å². The summed E-state index contributed by atoms with van der Waals surface area (Å²) >= 11 is 6.94. The largest absolute Gasteiger partial charge is 0.305 e. The second kappa shape index (κ2) is 6.63. The summed E-state index contributed by atoms with van der Waals surface area (Å²) in [4.78, 5) is 0. The van der Waals surface area contributed by atoms with Crippen LogP contribution in [0.15, 0.2) is 33.3 Å². The number of halogens is 2. The molecule has 2 rings (SSSR count). The lowest BCUT2D eigenvalue weighted by molar-refractivity contribution is 0.549. The van der Waals surface area contributed by atoms with E-state index in [2.05, 4.69) is 66.5 Å². The topological polar surface area (TPSA) is 42.7 Å². The number of aryl methyl sites for hydroxylation is 1. The molecule has 1 aromatic carbocycles. The Morgan fingerprint density at radius 3 is 2.47 bits per heavy atom. The zero-order chi connectivity index (χ0) is 13.8. The number of benzene rings is 1. The average Bonchev–Trinajstić information content (AvgIpc) is 2.73. The maximum absolute atomic E-state index is 4.07. The van der Waals surface area contributed by atoms with Gasteiger partial charge in [-0.25, -0.2) is 4.68 Å². The average molecular weight is 388 g/mol. The summed E-state index contributed by atoms with van der Waals surface area (Å²) in [6.45, 7) is 3.10. The lowest BCUT2D eigenvalue weighted by Crippen LogP contribution is -2.25. The SMILES string of the molecule is CCCNC(c1ccc(Br)cc1)c1c(Br)nnn1C. The van der Waals surface area contributed by atoms with Crippen molar-refractivity contribution in [1.29, 1.82) is 0 Å². The molecule has 19 heavy (non-hydrogen) atoms. The molecule has 1 heterocycles. The van der Waals surface area contributed by atoms with Gasteiger partial charge in [0.15, 0.2) is 4.60 Å². The molecule has 4 nitrogen and oxygen atoms in total. The molecule has 1 N–H and O–H groups in total. The smallest absolute Gasteiger partial charge is 0.153 e. The molecule has 0 spiro atoms. The van der Waals surface area contributed by atoms with Crippen LogP contribution in [0.4, 0.5) is 0 Å². The molecule has 2 aromatic rings. The number of nitrogens with zero attached hydrogens (tertiary/aromatic N) is 3. The van der Waals surface area contributed by atoms with Crippen molar-refractivity contribution in [1.82, 2.24) is 20.3 Å². The summed E-state index contributed by atoms with van der Waals surface area (Å²) in [5.74, 6) is 0. The van der Waals surface area contributed by atoms with E-state index in [-0.39, 0.29) is 6.04 Å². The van der Waals surface area contributed by atoms with E-state index >= 15 is 0 Å². The van der Waals surface area contributed by atoms with E-state index in [4.69, 9.17) is 0 Å². The Labute approximate surface area is 129 Å². The van der Waals surface area contributed by atoms with E-state index in [9.17, 15) is 0 Å². The molecule has 0 radical (unpaired) electrons. The fourth-order valence-electron chi connectivity index (χ4n) is 1.96. The van der Waals surface area contributed by atoms with E-state index in [1.165, 1.54) is 5.56 Å². The summed E-state index contributed by atoms with van der Waals surface area (Å²) in [6.07, 6.45) is 1.08. The Bertz CT molecular complexity index is 517. The van der Waals surface area contributed by atoms with E-state index in [0.717, 1.165) is 27.7 Å². The molecule has 0 saturated heterocycles. The third kappa shape index (κ3) is 3.43. The van der Waals surface area contributed by atoms with Gasteiger partial charge in [0, 0.05) is 11.5 Å². The predicted octanol–water partition coefficient (Wildman–Crippen LogP) is 3.43. The van der Waals surface area contributed by atoms with E-state index in [0.29, 0.717) is 0 Å². The molecule has 0 aliphatic carbocycles. The van der Waals surface area contributed by atoms with Crippen LogP contribution in [-0.2, 0) is 7.05 Å². The van der Waals surface area contributed by atoms with Crippen LogP contribution in [0.25, 0.3) is 0 Å². The molecular weight excluding hydrogens is 372 g/mol. The van der Waals surface area contributed by atoms with E-state index in [1.807, 2.05) is 19.2 Å². The third-order valence-corrected chi connectivity index (χ3v) is 4.00. The minimum absolute atomic E-state index is 0.0856. The van der Waals surface area contributed by atoms with Gasteiger partial charge in [0.1, 0.15) is 0 Å². The maximum Gasteiger partial charge on any atom is 0.153 e. The van der Waals surface area contributed by atoms with Crippen LogP contribution >= 0.6 is 31.9 Å². The Morgan fingerprint density at radius 1 is 1.26 bits per heavy atom. The van der Waals surface area contributed by atoms with Crippen molar-refractivity contribution in [2.75, 3.05) is 6.54 Å². The number of rotatable bonds is 5. The second-order valence-electron chi connectivity index (χ2n) is 4.33. The summed E-state index contributed by atoms with van der Waals surface area (Å²) in [7, 11) is 1.91. The van der Waals surface area contributed by atoms with Gasteiger partial charge >= 0.3 is 0 Å². The normalized spacial score (nSPS) is 12.6. The van der Waals surface area contributed by atoms with Gasteiger partial charge in [0.25, 0.3) is 0 Å². The van der Waals surface area contributed by atoms with Crippen LogP contribution in [0.1, 0.15) is 30.6 Å². The Morgan fingerprint density at radius 2 is 1.95 bits per heavy atom. The quantitative estimate of drug-likeness (QED) is 0.854. The summed E-state index contributed by atoms with van der Waals surface area (Å²) in [5.41, 5.74) is 2.23. The first-order valence-corrected chi connectivity index (χ1v) is 7.76. The van der Waals surface area contributed by atoms with Crippen LogP contribution in [0.2, 0.25) is 0 Å². The number of hydrogen-bond acceptors (Lipinski definition) is 3. The van der Waals surface area contributed by atoms with Gasteiger partial charge in [-0.3, -0.25) is 0 Å². The second-order valence-corrected chi connectivity index (χ2v) is 5.99. The van der Waals surface area contributed by atoms with Crippen molar-refractivity contribution >= 4 is 31.9 Å². The molecule has 102 valence electrons. The number of nitrogens with one attached hydrogen (secondary N) is 1. The van der Waals surface area contributed by atoms with Crippen molar-refractivity contribution in [2.24, 2.45) is 7.05 Å². The van der Waals surface area contributed by atoms with Gasteiger partial charge < -0.3 is 5.32 Å². The van der Waals surface area contributed by atoms with Crippen molar-refractivity contribution in [3.63, 3.8) is 0 Å². The van der Waals surface area contributed by atoms with Crippen LogP contribution < -0.4 is 5.32 Å². The maximum atomic E-state index is 4.07. The molecule has 0 bridgehead atoms. The van der Waals surface area contributed by atoms with Crippen molar-refractivity contribution < 1.29 is 0 Å². The molecule has 0 aliphatic rings. The Kier molecular flexibility index (Phi) is 5.13. The molecule has 0 amide bonds. The van der Waals surface area contributed by atoms with Crippen LogP contribution in [0.5, 0.6) is 0 Å². The highest BCUT2D eigenvalue weighted by Crippen LogP contribution is 2.27. The van der Waals surface area contributed by atoms with Crippen LogP contribution in [0, 0.1) is 0 Å². The summed E-state index contributed by atoms with van der Waals surface area (Å²) < 4.78 is 3.67. The van der Waals surface area contributed by atoms with Gasteiger partial charge in [-0.2, -0.15) is 0 Å². The highest BCUT2D eigenvalue weighted by molar-refractivity contribution is 9.10. The fraction of sp³-hybridized carbons (Fsp3) is 0.385. The first-order valence-electron chi connectivity index (χ1n) is 6.17. The molecular formula is C13H16Br2N4. The minimum Gasteiger partial charge on any atom is -0.305 e. The number of hydrogen-bond donors (Lipinski definition) is 1. The molecule has 1 atom stereocenters. The molecule has 0 aliphatic heterocycles. The molecule has 1 unspecified atom stereocenters. The third-order valence-electron chi connectivity index (χ3n) is 2.90. The van der Waals surface area contributed by atoms with Crippen LogP contribution in [0.3, 0.4) is 0 Å². The van der Waals surface area contributed by atoms with E-state index in [1.54, 1.807) is 4.68 Å². The minimum atomic E-state index is 0.0856. The lowest BCUT2D eigenvalue weighted by atomic mass is 10.0. The highest BCUT2D eigenvalue weighted by atomic mass is 79.9. The zero-order valence-electron chi connectivity index (χ0n) is 10.9. The molecule has 0 fully saturated rings. The van der Waals surface area contributed by atoms with Crippen LogP contribution in [-0.4, -0.2) is 21.5 Å². The summed E-state index contributed by atoms with van der Waals surface area (Å²) in [5, 5.41) is 11.7. The predicted molar refractivity (Wildman–Crippen MR) is 83.0 cm³/mol. The van der Waals surface area contributed by atoms with Gasteiger partial charge in [0.05, 0.1) is 11.7 Å². The monoisotopic (exact) mass is 386 g/mol. The standard InChI is InChI=1S/C13H16Br2N4/c1-3-8-16-11(9-4-6-10(14)7-5-9)12-13(15)17-18-19(12)2/h4-7,11,16H,3,8H2,1-2H3. The van der Waals surface area contributed by atoms with E-state index < -0.39 is 0 Å². The van der Waals surface area contributed by atoms with Crippen molar-refractivity contribution in [3.8, 4) is 0 Å². The van der Waals surface area contributed by atoms with Gasteiger partial charge in [0.2, 0.25) is 0 Å².